The highest BCUT2D eigenvalue weighted by molar-refractivity contribution is 5.64. The number of hydrogen-bond donors (Lipinski definition) is 0. The van der Waals surface area contributed by atoms with E-state index in [1.54, 1.807) is 0 Å². The second-order valence-electron chi connectivity index (χ2n) is 4.51. The molecule has 0 aliphatic heterocycles. The largest absolute Gasteiger partial charge is 0.345 e. The molecule has 0 atom stereocenters. The van der Waals surface area contributed by atoms with Gasteiger partial charge in [0.1, 0.15) is 0 Å². The Morgan fingerprint density at radius 1 is 0.944 bits per heavy atom. The van der Waals surface area contributed by atoms with Crippen LogP contribution in [0.2, 0.25) is 0 Å². The number of hydrogen-bond acceptors (Lipinski definition) is 2. The van der Waals surface area contributed by atoms with Crippen LogP contribution in [0.25, 0.3) is 0 Å². The van der Waals surface area contributed by atoms with Gasteiger partial charge in [0.2, 0.25) is 0 Å². The summed E-state index contributed by atoms with van der Waals surface area (Å²) in [7, 11) is 2.03. The van der Waals surface area contributed by atoms with Crippen molar-refractivity contribution in [2.75, 3.05) is 11.9 Å². The van der Waals surface area contributed by atoms with Gasteiger partial charge < -0.3 is 4.90 Å². The summed E-state index contributed by atoms with van der Waals surface area (Å²) in [5.41, 5.74) is 5.23. The minimum atomic E-state index is 0.732. The Labute approximate surface area is 108 Å². The van der Waals surface area contributed by atoms with E-state index in [2.05, 4.69) is 42.2 Å². The molecule has 0 aliphatic carbocycles. The monoisotopic (exact) mass is 236 g/mol. The van der Waals surface area contributed by atoms with Gasteiger partial charge in [-0.3, -0.25) is 0 Å². The number of benzene rings is 2. The van der Waals surface area contributed by atoms with E-state index in [1.165, 1.54) is 5.56 Å². The van der Waals surface area contributed by atoms with Crippen molar-refractivity contribution < 1.29 is 0 Å². The lowest BCUT2D eigenvalue weighted by Gasteiger charge is -2.20. The van der Waals surface area contributed by atoms with Crippen molar-refractivity contribution in [2.24, 2.45) is 0 Å². The van der Waals surface area contributed by atoms with E-state index in [9.17, 15) is 0 Å². The number of rotatable bonds is 2. The Hall–Kier alpha value is -2.27. The van der Waals surface area contributed by atoms with E-state index in [4.69, 9.17) is 5.26 Å². The van der Waals surface area contributed by atoms with Crippen molar-refractivity contribution >= 4 is 11.4 Å². The van der Waals surface area contributed by atoms with Crippen LogP contribution < -0.4 is 4.90 Å². The second kappa shape index (κ2) is 4.93. The maximum atomic E-state index is 8.93. The summed E-state index contributed by atoms with van der Waals surface area (Å²) in [6, 6.07) is 16.5. The van der Waals surface area contributed by atoms with Gasteiger partial charge in [-0.25, -0.2) is 0 Å². The van der Waals surface area contributed by atoms with Crippen LogP contribution in [0.5, 0.6) is 0 Å². The Bertz CT molecular complexity index is 591. The molecule has 0 saturated carbocycles. The first-order valence-corrected chi connectivity index (χ1v) is 5.93. The fourth-order valence-corrected chi connectivity index (χ4v) is 1.90. The molecule has 0 amide bonds. The Morgan fingerprint density at radius 2 is 1.56 bits per heavy atom. The van der Waals surface area contributed by atoms with Crippen LogP contribution in [0, 0.1) is 25.2 Å². The van der Waals surface area contributed by atoms with E-state index in [0.717, 1.165) is 22.5 Å². The molecule has 90 valence electrons. The first kappa shape index (κ1) is 12.2. The number of nitrogens with zero attached hydrogens (tertiary/aromatic N) is 2. The molecular formula is C16H16N2. The summed E-state index contributed by atoms with van der Waals surface area (Å²) in [6.45, 7) is 4.04. The molecule has 0 radical (unpaired) electrons. The van der Waals surface area contributed by atoms with Crippen molar-refractivity contribution in [3.05, 3.63) is 59.2 Å². The van der Waals surface area contributed by atoms with Crippen molar-refractivity contribution in [1.29, 1.82) is 5.26 Å². The lowest BCUT2D eigenvalue weighted by molar-refractivity contribution is 1.19. The minimum Gasteiger partial charge on any atom is -0.345 e. The first-order valence-electron chi connectivity index (χ1n) is 5.93. The molecule has 0 saturated heterocycles. The minimum absolute atomic E-state index is 0.732. The summed E-state index contributed by atoms with van der Waals surface area (Å²) in [4.78, 5) is 2.12. The Balaban J connectivity index is 2.34. The highest BCUT2D eigenvalue weighted by Gasteiger charge is 2.05. The predicted octanol–water partition coefficient (Wildman–Crippen LogP) is 3.94. The molecule has 2 nitrogen and oxygen atoms in total. The van der Waals surface area contributed by atoms with Crippen LogP contribution in [0.15, 0.2) is 42.5 Å². The third-order valence-electron chi connectivity index (χ3n) is 3.14. The maximum Gasteiger partial charge on any atom is 0.0994 e. The van der Waals surface area contributed by atoms with Crippen LogP contribution in [-0.4, -0.2) is 7.05 Å². The van der Waals surface area contributed by atoms with Crippen LogP contribution >= 0.6 is 0 Å². The van der Waals surface area contributed by atoms with Crippen molar-refractivity contribution in [1.82, 2.24) is 0 Å². The standard InChI is InChI=1S/C16H16N2/c1-12-4-7-15(8-5-12)18(3)16-9-6-14(11-17)13(2)10-16/h4-10H,1-3H3. The van der Waals surface area contributed by atoms with Gasteiger partial charge in [-0.2, -0.15) is 5.26 Å². The molecule has 0 fully saturated rings. The lowest BCUT2D eigenvalue weighted by Crippen LogP contribution is -2.09. The summed E-state index contributed by atoms with van der Waals surface area (Å²) in [5.74, 6) is 0. The third-order valence-corrected chi connectivity index (χ3v) is 3.14. The zero-order valence-electron chi connectivity index (χ0n) is 10.9. The molecular weight excluding hydrogens is 220 g/mol. The molecule has 0 unspecified atom stereocenters. The van der Waals surface area contributed by atoms with Gasteiger partial charge in [-0.1, -0.05) is 17.7 Å². The van der Waals surface area contributed by atoms with Gasteiger partial charge >= 0.3 is 0 Å². The van der Waals surface area contributed by atoms with Crippen LogP contribution in [-0.2, 0) is 0 Å². The fraction of sp³-hybridized carbons (Fsp3) is 0.188. The number of anilines is 2. The molecule has 2 aromatic carbocycles. The van der Waals surface area contributed by atoms with Crippen molar-refractivity contribution in [2.45, 2.75) is 13.8 Å². The van der Waals surface area contributed by atoms with E-state index in [1.807, 2.05) is 32.2 Å². The van der Waals surface area contributed by atoms with Crippen LogP contribution in [0.3, 0.4) is 0 Å². The molecule has 0 aromatic heterocycles. The first-order chi connectivity index (χ1) is 8.61. The number of nitriles is 1. The Kier molecular flexibility index (Phi) is 3.34. The SMILES string of the molecule is Cc1ccc(N(C)c2ccc(C#N)c(C)c2)cc1. The fourth-order valence-electron chi connectivity index (χ4n) is 1.90. The summed E-state index contributed by atoms with van der Waals surface area (Å²) >= 11 is 0. The van der Waals surface area contributed by atoms with Gasteiger partial charge in [0.05, 0.1) is 11.6 Å². The van der Waals surface area contributed by atoms with E-state index in [0.29, 0.717) is 0 Å². The molecule has 0 spiro atoms. The quantitative estimate of drug-likeness (QED) is 0.789. The summed E-state index contributed by atoms with van der Waals surface area (Å²) in [5, 5.41) is 8.93. The lowest BCUT2D eigenvalue weighted by atomic mass is 10.1. The zero-order valence-corrected chi connectivity index (χ0v) is 10.9. The van der Waals surface area contributed by atoms with Gasteiger partial charge in [0.25, 0.3) is 0 Å². The maximum absolute atomic E-state index is 8.93. The van der Waals surface area contributed by atoms with Gasteiger partial charge in [0, 0.05) is 18.4 Å². The van der Waals surface area contributed by atoms with E-state index < -0.39 is 0 Å². The molecule has 0 bridgehead atoms. The average Bonchev–Trinajstić information content (AvgIpc) is 2.38. The number of aryl methyl sites for hydroxylation is 2. The molecule has 0 N–H and O–H groups in total. The molecule has 2 rings (SSSR count). The van der Waals surface area contributed by atoms with Crippen LogP contribution in [0.1, 0.15) is 16.7 Å². The summed E-state index contributed by atoms with van der Waals surface area (Å²) < 4.78 is 0. The van der Waals surface area contributed by atoms with Gasteiger partial charge in [0.15, 0.2) is 0 Å². The smallest absolute Gasteiger partial charge is 0.0994 e. The Morgan fingerprint density at radius 3 is 2.11 bits per heavy atom. The highest BCUT2D eigenvalue weighted by atomic mass is 15.1. The molecule has 0 aliphatic rings. The van der Waals surface area contributed by atoms with Crippen molar-refractivity contribution in [3.8, 4) is 6.07 Å². The predicted molar refractivity (Wildman–Crippen MR) is 75.1 cm³/mol. The zero-order chi connectivity index (χ0) is 13.1. The third kappa shape index (κ3) is 2.36. The summed E-state index contributed by atoms with van der Waals surface area (Å²) in [6.07, 6.45) is 0. The highest BCUT2D eigenvalue weighted by Crippen LogP contribution is 2.25. The second-order valence-corrected chi connectivity index (χ2v) is 4.51. The van der Waals surface area contributed by atoms with Crippen LogP contribution in [0.4, 0.5) is 11.4 Å². The van der Waals surface area contributed by atoms with E-state index in [-0.39, 0.29) is 0 Å². The topological polar surface area (TPSA) is 27.0 Å². The normalized spacial score (nSPS) is 9.89. The molecule has 2 heteroatoms. The molecule has 0 heterocycles. The van der Waals surface area contributed by atoms with Gasteiger partial charge in [-0.05, 0) is 49.7 Å². The molecule has 18 heavy (non-hydrogen) atoms. The van der Waals surface area contributed by atoms with Crippen molar-refractivity contribution in [3.63, 3.8) is 0 Å². The molecule has 2 aromatic rings. The van der Waals surface area contributed by atoms with Gasteiger partial charge in [-0.15, -0.1) is 0 Å². The average molecular weight is 236 g/mol. The van der Waals surface area contributed by atoms with E-state index >= 15 is 0 Å².